The minimum Gasteiger partial charge on any atom is -0.439 e. The highest BCUT2D eigenvalue weighted by atomic mass is 16.5. The number of hydrogen-bond acceptors (Lipinski definition) is 5. The van der Waals surface area contributed by atoms with Gasteiger partial charge < -0.3 is 14.6 Å². The van der Waals surface area contributed by atoms with Crippen molar-refractivity contribution in [2.75, 3.05) is 26.8 Å². The Morgan fingerprint density at radius 1 is 0.914 bits per heavy atom. The van der Waals surface area contributed by atoms with Gasteiger partial charge in [0.05, 0.1) is 18.3 Å². The maximum atomic E-state index is 10.9. The number of ether oxygens (including phenoxy) is 2. The second kappa shape index (κ2) is 12.3. The fraction of sp³-hybridized carbons (Fsp3) is 0.276. The van der Waals surface area contributed by atoms with Gasteiger partial charge in [-0.25, -0.2) is 4.68 Å². The van der Waals surface area contributed by atoms with Crippen molar-refractivity contribution < 1.29 is 14.6 Å². The summed E-state index contributed by atoms with van der Waals surface area (Å²) in [6.45, 7) is 2.31. The molecule has 6 heteroatoms. The third-order valence-electron chi connectivity index (χ3n) is 5.87. The average Bonchev–Trinajstić information content (AvgIpc) is 3.19. The number of nitrogens with zero attached hydrogens (tertiary/aromatic N) is 3. The Balaban J connectivity index is 1.63. The van der Waals surface area contributed by atoms with Crippen molar-refractivity contribution in [3.63, 3.8) is 0 Å². The average molecular weight is 472 g/mol. The van der Waals surface area contributed by atoms with Crippen molar-refractivity contribution in [2.24, 2.45) is 7.05 Å². The van der Waals surface area contributed by atoms with E-state index in [1.165, 1.54) is 0 Å². The topological polar surface area (TPSA) is 59.8 Å². The lowest BCUT2D eigenvalue weighted by Crippen LogP contribution is -2.35. The molecule has 0 radical (unpaired) electrons. The molecule has 1 atom stereocenters. The Morgan fingerprint density at radius 2 is 1.54 bits per heavy atom. The predicted molar refractivity (Wildman–Crippen MR) is 138 cm³/mol. The molecule has 35 heavy (non-hydrogen) atoms. The molecule has 1 N–H and O–H groups in total. The van der Waals surface area contributed by atoms with Crippen LogP contribution in [0.2, 0.25) is 0 Å². The number of rotatable bonds is 12. The van der Waals surface area contributed by atoms with Gasteiger partial charge in [0.15, 0.2) is 0 Å². The number of aliphatic hydroxyl groups is 1. The lowest BCUT2D eigenvalue weighted by Gasteiger charge is -2.25. The second-order valence-electron chi connectivity index (χ2n) is 8.61. The molecular weight excluding hydrogens is 438 g/mol. The van der Waals surface area contributed by atoms with E-state index in [0.717, 1.165) is 28.1 Å². The van der Waals surface area contributed by atoms with Gasteiger partial charge in [-0.15, -0.1) is 0 Å². The van der Waals surface area contributed by atoms with Crippen LogP contribution in [0, 0.1) is 0 Å². The van der Waals surface area contributed by atoms with Crippen LogP contribution in [0.3, 0.4) is 0 Å². The molecule has 3 aromatic carbocycles. The Labute approximate surface area is 207 Å². The molecular formula is C29H33N3O3. The van der Waals surface area contributed by atoms with E-state index < -0.39 is 6.10 Å². The van der Waals surface area contributed by atoms with Crippen LogP contribution in [0.25, 0.3) is 11.3 Å². The second-order valence-corrected chi connectivity index (χ2v) is 8.61. The summed E-state index contributed by atoms with van der Waals surface area (Å²) in [5.74, 6) is 1.44. The van der Waals surface area contributed by atoms with Crippen molar-refractivity contribution in [1.82, 2.24) is 14.7 Å². The Kier molecular flexibility index (Phi) is 8.68. The standard InChI is InChI=1S/C29H33N3O3/c1-31-29(35-26-16-10-5-11-17-26)27(28(30-31)24-14-8-4-9-15-24)22-32(18-19-34-2)21-25(33)20-23-12-6-3-7-13-23/h3-17,25,33H,18-22H2,1-2H3. The summed E-state index contributed by atoms with van der Waals surface area (Å²) in [4.78, 5) is 2.21. The molecule has 0 aliphatic carbocycles. The number of benzene rings is 3. The Morgan fingerprint density at radius 3 is 2.20 bits per heavy atom. The molecule has 4 rings (SSSR count). The molecule has 0 saturated carbocycles. The van der Waals surface area contributed by atoms with Crippen LogP contribution in [0.4, 0.5) is 0 Å². The maximum Gasteiger partial charge on any atom is 0.222 e. The molecule has 0 spiro atoms. The van der Waals surface area contributed by atoms with Gasteiger partial charge in [-0.1, -0.05) is 78.9 Å². The number of para-hydroxylation sites is 1. The van der Waals surface area contributed by atoms with E-state index in [2.05, 4.69) is 17.0 Å². The summed E-state index contributed by atoms with van der Waals surface area (Å²) in [7, 11) is 3.60. The lowest BCUT2D eigenvalue weighted by atomic mass is 10.1. The first-order chi connectivity index (χ1) is 17.1. The minimum absolute atomic E-state index is 0.506. The smallest absolute Gasteiger partial charge is 0.222 e. The van der Waals surface area contributed by atoms with E-state index in [1.54, 1.807) is 11.8 Å². The van der Waals surface area contributed by atoms with Gasteiger partial charge in [0.2, 0.25) is 5.88 Å². The largest absolute Gasteiger partial charge is 0.439 e. The van der Waals surface area contributed by atoms with E-state index in [0.29, 0.717) is 38.5 Å². The molecule has 0 aliphatic heterocycles. The fourth-order valence-corrected chi connectivity index (χ4v) is 4.18. The van der Waals surface area contributed by atoms with Gasteiger partial charge in [-0.05, 0) is 24.1 Å². The zero-order valence-electron chi connectivity index (χ0n) is 20.4. The summed E-state index contributed by atoms with van der Waals surface area (Å²) in [6.07, 6.45) is 0.0839. The van der Waals surface area contributed by atoms with Gasteiger partial charge in [-0.2, -0.15) is 5.10 Å². The molecule has 6 nitrogen and oxygen atoms in total. The lowest BCUT2D eigenvalue weighted by molar-refractivity contribution is 0.0848. The van der Waals surface area contributed by atoms with Gasteiger partial charge >= 0.3 is 0 Å². The van der Waals surface area contributed by atoms with Crippen LogP contribution >= 0.6 is 0 Å². The summed E-state index contributed by atoms with van der Waals surface area (Å²) < 4.78 is 13.5. The molecule has 1 heterocycles. The summed E-state index contributed by atoms with van der Waals surface area (Å²) in [6, 6.07) is 30.0. The van der Waals surface area contributed by atoms with Crippen LogP contribution < -0.4 is 4.74 Å². The van der Waals surface area contributed by atoms with Crippen LogP contribution in [-0.2, 0) is 24.8 Å². The van der Waals surface area contributed by atoms with E-state index in [4.69, 9.17) is 14.6 Å². The number of aryl methyl sites for hydroxylation is 1. The van der Waals surface area contributed by atoms with Crippen molar-refractivity contribution >= 4 is 0 Å². The molecule has 1 aromatic heterocycles. The van der Waals surface area contributed by atoms with Crippen molar-refractivity contribution in [2.45, 2.75) is 19.1 Å². The molecule has 0 saturated heterocycles. The monoisotopic (exact) mass is 471 g/mol. The number of methoxy groups -OCH3 is 1. The van der Waals surface area contributed by atoms with Crippen LogP contribution in [0.1, 0.15) is 11.1 Å². The number of hydrogen-bond donors (Lipinski definition) is 1. The number of aliphatic hydroxyl groups excluding tert-OH is 1. The highest BCUT2D eigenvalue weighted by Crippen LogP contribution is 2.34. The molecule has 4 aromatic rings. The molecule has 0 bridgehead atoms. The van der Waals surface area contributed by atoms with Crippen molar-refractivity contribution in [1.29, 1.82) is 0 Å². The van der Waals surface area contributed by atoms with E-state index in [9.17, 15) is 5.11 Å². The number of aromatic nitrogens is 2. The van der Waals surface area contributed by atoms with Crippen molar-refractivity contribution in [3.05, 3.63) is 102 Å². The van der Waals surface area contributed by atoms with Crippen molar-refractivity contribution in [3.8, 4) is 22.9 Å². The Bertz CT molecular complexity index is 1160. The maximum absolute atomic E-state index is 10.9. The predicted octanol–water partition coefficient (Wildman–Crippen LogP) is 4.93. The van der Waals surface area contributed by atoms with Gasteiger partial charge in [0.1, 0.15) is 11.4 Å². The van der Waals surface area contributed by atoms with Crippen LogP contribution in [0.5, 0.6) is 11.6 Å². The highest BCUT2D eigenvalue weighted by molar-refractivity contribution is 5.65. The zero-order valence-corrected chi connectivity index (χ0v) is 20.4. The quantitative estimate of drug-likeness (QED) is 0.317. The summed E-state index contributed by atoms with van der Waals surface area (Å²) in [5, 5.41) is 15.7. The SMILES string of the molecule is COCCN(Cc1c(-c2ccccc2)nn(C)c1Oc1ccccc1)CC(O)Cc1ccccc1. The molecule has 182 valence electrons. The van der Waals surface area contributed by atoms with E-state index >= 15 is 0 Å². The molecule has 0 aliphatic rings. The van der Waals surface area contributed by atoms with Gasteiger partial charge in [-0.3, -0.25) is 4.90 Å². The van der Waals surface area contributed by atoms with Gasteiger partial charge in [0, 0.05) is 39.4 Å². The first kappa shape index (κ1) is 24.7. The third kappa shape index (κ3) is 6.79. The normalized spacial score (nSPS) is 12.1. The van der Waals surface area contributed by atoms with E-state index in [1.807, 2.05) is 85.9 Å². The summed E-state index contributed by atoms with van der Waals surface area (Å²) in [5.41, 5.74) is 3.99. The Hall–Kier alpha value is -3.45. The molecule has 0 fully saturated rings. The first-order valence-corrected chi connectivity index (χ1v) is 11.9. The first-order valence-electron chi connectivity index (χ1n) is 11.9. The van der Waals surface area contributed by atoms with Crippen LogP contribution in [-0.4, -0.2) is 52.7 Å². The third-order valence-corrected chi connectivity index (χ3v) is 5.87. The summed E-state index contributed by atoms with van der Waals surface area (Å²) >= 11 is 0. The molecule has 0 amide bonds. The molecule has 1 unspecified atom stereocenters. The minimum atomic E-state index is -0.510. The zero-order chi connectivity index (χ0) is 24.5. The van der Waals surface area contributed by atoms with Gasteiger partial charge in [0.25, 0.3) is 0 Å². The highest BCUT2D eigenvalue weighted by Gasteiger charge is 2.23. The van der Waals surface area contributed by atoms with Crippen LogP contribution in [0.15, 0.2) is 91.0 Å². The van der Waals surface area contributed by atoms with E-state index in [-0.39, 0.29) is 0 Å². The fourth-order valence-electron chi connectivity index (χ4n) is 4.18.